The zero-order chi connectivity index (χ0) is 12.2. The van der Waals surface area contributed by atoms with Gasteiger partial charge in [0, 0.05) is 6.04 Å². The minimum atomic E-state index is -0.757. The third kappa shape index (κ3) is 1.96. The molecule has 2 fully saturated rings. The minimum Gasteiger partial charge on any atom is -0.459 e. The molecule has 0 radical (unpaired) electrons. The van der Waals surface area contributed by atoms with Crippen molar-refractivity contribution in [3.05, 3.63) is 0 Å². The van der Waals surface area contributed by atoms with Gasteiger partial charge >= 0.3 is 5.97 Å². The van der Waals surface area contributed by atoms with E-state index in [4.69, 9.17) is 16.2 Å². The Kier molecular flexibility index (Phi) is 2.37. The first kappa shape index (κ1) is 11.9. The highest BCUT2D eigenvalue weighted by Crippen LogP contribution is 2.59. The number of ether oxygens (including phenoxy) is 1. The monoisotopic (exact) mass is 226 g/mol. The van der Waals surface area contributed by atoms with Crippen LogP contribution in [0.25, 0.3) is 0 Å². The maximum atomic E-state index is 11.9. The molecule has 0 amide bonds. The first-order chi connectivity index (χ1) is 7.14. The second-order valence-corrected chi connectivity index (χ2v) is 6.68. The average molecular weight is 226 g/mol. The Morgan fingerprint density at radius 3 is 2.19 bits per heavy atom. The lowest BCUT2D eigenvalue weighted by Gasteiger charge is -2.60. The highest BCUT2D eigenvalue weighted by atomic mass is 16.6. The molecule has 2 saturated carbocycles. The zero-order valence-corrected chi connectivity index (χ0v) is 10.4. The quantitative estimate of drug-likeness (QED) is 0.652. The fourth-order valence-electron chi connectivity index (χ4n) is 3.15. The van der Waals surface area contributed by atoms with Crippen LogP contribution in [-0.2, 0) is 9.53 Å². The van der Waals surface area contributed by atoms with Crippen molar-refractivity contribution in [1.82, 2.24) is 0 Å². The third-order valence-corrected chi connectivity index (χ3v) is 3.58. The van der Waals surface area contributed by atoms with Crippen molar-refractivity contribution in [3.63, 3.8) is 0 Å². The Morgan fingerprint density at radius 1 is 1.31 bits per heavy atom. The van der Waals surface area contributed by atoms with E-state index in [9.17, 15) is 4.79 Å². The van der Waals surface area contributed by atoms with Crippen LogP contribution in [-0.4, -0.2) is 23.2 Å². The summed E-state index contributed by atoms with van der Waals surface area (Å²) in [5.41, 5.74) is 10.9. The second-order valence-electron chi connectivity index (χ2n) is 6.68. The molecule has 0 unspecified atom stereocenters. The maximum Gasteiger partial charge on any atom is 0.326 e. The molecule has 2 rings (SSSR count). The first-order valence-corrected chi connectivity index (χ1v) is 5.92. The van der Waals surface area contributed by atoms with E-state index in [1.807, 2.05) is 20.8 Å². The number of rotatable bonds is 1. The molecule has 2 aliphatic rings. The van der Waals surface area contributed by atoms with Crippen molar-refractivity contribution in [2.75, 3.05) is 0 Å². The smallest absolute Gasteiger partial charge is 0.326 e. The number of hydrogen-bond acceptors (Lipinski definition) is 4. The summed E-state index contributed by atoms with van der Waals surface area (Å²) in [5, 5.41) is 0. The predicted molar refractivity (Wildman–Crippen MR) is 61.6 cm³/mol. The summed E-state index contributed by atoms with van der Waals surface area (Å²) in [6, 6.07) is 0.309. The predicted octanol–water partition coefficient (Wildman–Crippen LogP) is 0.927. The van der Waals surface area contributed by atoms with Crippen LogP contribution in [0.2, 0.25) is 0 Å². The number of nitrogens with two attached hydrogens (primary N) is 2. The van der Waals surface area contributed by atoms with Gasteiger partial charge < -0.3 is 16.2 Å². The first-order valence-electron chi connectivity index (χ1n) is 5.92. The van der Waals surface area contributed by atoms with E-state index >= 15 is 0 Å². The van der Waals surface area contributed by atoms with Crippen LogP contribution in [0.5, 0.6) is 0 Å². The lowest BCUT2D eigenvalue weighted by atomic mass is 9.47. The molecule has 2 aliphatic carbocycles. The topological polar surface area (TPSA) is 78.3 Å². The molecule has 4 N–H and O–H groups in total. The Labute approximate surface area is 96.7 Å². The number of hydrogen-bond donors (Lipinski definition) is 2. The van der Waals surface area contributed by atoms with Crippen molar-refractivity contribution >= 4 is 5.97 Å². The van der Waals surface area contributed by atoms with Gasteiger partial charge in [0.2, 0.25) is 0 Å². The van der Waals surface area contributed by atoms with Gasteiger partial charge in [0.05, 0.1) is 0 Å². The van der Waals surface area contributed by atoms with Crippen LogP contribution in [0, 0.1) is 5.41 Å². The summed E-state index contributed by atoms with van der Waals surface area (Å²) in [5.74, 6) is -0.258. The summed E-state index contributed by atoms with van der Waals surface area (Å²) in [4.78, 5) is 11.9. The summed E-state index contributed by atoms with van der Waals surface area (Å²) >= 11 is 0. The summed E-state index contributed by atoms with van der Waals surface area (Å²) in [6.07, 6.45) is 3.49. The van der Waals surface area contributed by atoms with E-state index in [0.717, 1.165) is 25.7 Å². The van der Waals surface area contributed by atoms with Crippen LogP contribution in [0.3, 0.4) is 0 Å². The largest absolute Gasteiger partial charge is 0.459 e. The normalized spacial score (nSPS) is 42.4. The molecule has 0 aromatic carbocycles. The van der Waals surface area contributed by atoms with Crippen LogP contribution >= 0.6 is 0 Å². The van der Waals surface area contributed by atoms with E-state index in [0.29, 0.717) is 6.04 Å². The molecule has 0 aliphatic heterocycles. The zero-order valence-electron chi connectivity index (χ0n) is 10.4. The molecule has 1 spiro atoms. The van der Waals surface area contributed by atoms with Crippen LogP contribution < -0.4 is 11.5 Å². The minimum absolute atomic E-state index is 0.255. The van der Waals surface area contributed by atoms with Crippen molar-refractivity contribution in [2.24, 2.45) is 16.9 Å². The van der Waals surface area contributed by atoms with Gasteiger partial charge in [-0.05, 0) is 51.9 Å². The van der Waals surface area contributed by atoms with Gasteiger partial charge in [0.1, 0.15) is 11.1 Å². The Hall–Kier alpha value is -0.610. The van der Waals surface area contributed by atoms with E-state index in [1.165, 1.54) is 0 Å². The van der Waals surface area contributed by atoms with Gasteiger partial charge in [-0.2, -0.15) is 0 Å². The van der Waals surface area contributed by atoms with Crippen molar-refractivity contribution < 1.29 is 9.53 Å². The summed E-state index contributed by atoms with van der Waals surface area (Å²) in [7, 11) is 0. The Bertz CT molecular complexity index is 305. The molecule has 0 heterocycles. The van der Waals surface area contributed by atoms with Crippen LogP contribution in [0.4, 0.5) is 0 Å². The van der Waals surface area contributed by atoms with E-state index in [1.54, 1.807) is 0 Å². The van der Waals surface area contributed by atoms with Crippen molar-refractivity contribution in [3.8, 4) is 0 Å². The number of carbonyl (C=O) groups is 1. The molecule has 0 bridgehead atoms. The maximum absolute atomic E-state index is 11.9. The second kappa shape index (κ2) is 3.20. The molecule has 16 heavy (non-hydrogen) atoms. The molecule has 4 heteroatoms. The Balaban J connectivity index is 1.90. The lowest BCUT2D eigenvalue weighted by molar-refractivity contribution is -0.177. The number of carbonyl (C=O) groups excluding carboxylic acids is 1. The highest BCUT2D eigenvalue weighted by molar-refractivity contribution is 5.82. The SMILES string of the molecule is CC(C)(C)OC(=O)C1(N)CC2(CC(N)C2)C1. The van der Waals surface area contributed by atoms with E-state index in [2.05, 4.69) is 0 Å². The molecular weight excluding hydrogens is 204 g/mol. The molecule has 0 saturated heterocycles. The molecule has 0 aromatic rings. The molecule has 4 nitrogen and oxygen atoms in total. The van der Waals surface area contributed by atoms with Crippen LogP contribution in [0.15, 0.2) is 0 Å². The fourth-order valence-corrected chi connectivity index (χ4v) is 3.15. The number of esters is 1. The average Bonchev–Trinajstić information content (AvgIpc) is 1.94. The van der Waals surface area contributed by atoms with Crippen LogP contribution in [0.1, 0.15) is 46.5 Å². The van der Waals surface area contributed by atoms with Gasteiger partial charge in [-0.3, -0.25) is 4.79 Å². The highest BCUT2D eigenvalue weighted by Gasteiger charge is 2.62. The van der Waals surface area contributed by atoms with Gasteiger partial charge in [-0.1, -0.05) is 0 Å². The third-order valence-electron chi connectivity index (χ3n) is 3.58. The van der Waals surface area contributed by atoms with E-state index < -0.39 is 11.1 Å². The van der Waals surface area contributed by atoms with Crippen molar-refractivity contribution in [1.29, 1.82) is 0 Å². The molecular formula is C12H22N2O2. The van der Waals surface area contributed by atoms with Gasteiger partial charge in [0.15, 0.2) is 0 Å². The Morgan fingerprint density at radius 2 is 1.81 bits per heavy atom. The van der Waals surface area contributed by atoms with Crippen molar-refractivity contribution in [2.45, 2.75) is 63.6 Å². The molecule has 0 aromatic heterocycles. The summed E-state index contributed by atoms with van der Waals surface area (Å²) in [6.45, 7) is 5.59. The van der Waals surface area contributed by atoms with E-state index in [-0.39, 0.29) is 11.4 Å². The standard InChI is InChI=1S/C12H22N2O2/c1-10(2,3)16-9(15)12(14)6-11(7-12)4-8(13)5-11/h8H,4-7,13-14H2,1-3H3. The fraction of sp³-hybridized carbons (Fsp3) is 0.917. The lowest BCUT2D eigenvalue weighted by Crippen LogP contribution is -2.69. The van der Waals surface area contributed by atoms with Gasteiger partial charge in [0.25, 0.3) is 0 Å². The molecule has 0 atom stereocenters. The molecule has 92 valence electrons. The van der Waals surface area contributed by atoms with Gasteiger partial charge in [-0.15, -0.1) is 0 Å². The summed E-state index contributed by atoms with van der Waals surface area (Å²) < 4.78 is 5.34. The van der Waals surface area contributed by atoms with Gasteiger partial charge in [-0.25, -0.2) is 0 Å².